The molecule has 74 valence electrons. The Balaban J connectivity index is 1.75. The molecule has 0 aromatic heterocycles. The molecule has 2 aliphatic rings. The van der Waals surface area contributed by atoms with Crippen LogP contribution in [0.3, 0.4) is 0 Å². The van der Waals surface area contributed by atoms with Crippen LogP contribution in [0.5, 0.6) is 0 Å². The van der Waals surface area contributed by atoms with Gasteiger partial charge in [0.2, 0.25) is 0 Å². The highest BCUT2D eigenvalue weighted by atomic mass is 32.1. The molecule has 4 heteroatoms. The number of nitrogens with zero attached hydrogens (tertiary/aromatic N) is 1. The highest BCUT2D eigenvalue weighted by Gasteiger charge is 2.25. The second kappa shape index (κ2) is 3.80. The lowest BCUT2D eigenvalue weighted by atomic mass is 10.1. The van der Waals surface area contributed by atoms with E-state index in [-0.39, 0.29) is 6.10 Å². The Morgan fingerprint density at radius 2 is 1.85 bits per heavy atom. The zero-order chi connectivity index (χ0) is 9.26. The molecule has 0 radical (unpaired) electrons. The summed E-state index contributed by atoms with van der Waals surface area (Å²) < 4.78 is 0. The van der Waals surface area contributed by atoms with Gasteiger partial charge < -0.3 is 15.3 Å². The highest BCUT2D eigenvalue weighted by molar-refractivity contribution is 7.80. The van der Waals surface area contributed by atoms with E-state index in [0.29, 0.717) is 6.04 Å². The van der Waals surface area contributed by atoms with Crippen molar-refractivity contribution in [3.8, 4) is 0 Å². The number of likely N-dealkylation sites (tertiary alicyclic amines) is 1. The van der Waals surface area contributed by atoms with E-state index >= 15 is 0 Å². The minimum Gasteiger partial charge on any atom is -0.393 e. The number of thiocarbonyl (C=S) groups is 1. The van der Waals surface area contributed by atoms with Crippen LogP contribution in [0.2, 0.25) is 0 Å². The zero-order valence-electron chi connectivity index (χ0n) is 7.70. The smallest absolute Gasteiger partial charge is 0.169 e. The molecule has 0 unspecified atom stereocenters. The van der Waals surface area contributed by atoms with E-state index < -0.39 is 0 Å². The third kappa shape index (κ3) is 2.54. The number of piperidine rings is 1. The molecule has 1 saturated carbocycles. The maximum Gasteiger partial charge on any atom is 0.169 e. The number of hydrogen-bond donors (Lipinski definition) is 2. The van der Waals surface area contributed by atoms with Crippen LogP contribution in [0.25, 0.3) is 0 Å². The van der Waals surface area contributed by atoms with Gasteiger partial charge in [-0.2, -0.15) is 0 Å². The lowest BCUT2D eigenvalue weighted by Crippen LogP contribution is -2.45. The highest BCUT2D eigenvalue weighted by Crippen LogP contribution is 2.19. The summed E-state index contributed by atoms with van der Waals surface area (Å²) in [5.41, 5.74) is 0. The normalized spacial score (nSPS) is 24.5. The van der Waals surface area contributed by atoms with E-state index in [2.05, 4.69) is 10.2 Å². The zero-order valence-corrected chi connectivity index (χ0v) is 8.52. The van der Waals surface area contributed by atoms with Gasteiger partial charge >= 0.3 is 0 Å². The van der Waals surface area contributed by atoms with E-state index in [1.807, 2.05) is 0 Å². The van der Waals surface area contributed by atoms with Crippen molar-refractivity contribution < 1.29 is 5.11 Å². The molecule has 1 aliphatic heterocycles. The molecule has 0 atom stereocenters. The summed E-state index contributed by atoms with van der Waals surface area (Å²) >= 11 is 5.26. The van der Waals surface area contributed by atoms with Crippen molar-refractivity contribution in [3.05, 3.63) is 0 Å². The number of nitrogens with one attached hydrogen (secondary N) is 1. The van der Waals surface area contributed by atoms with E-state index in [4.69, 9.17) is 12.2 Å². The second-order valence-electron chi connectivity index (χ2n) is 3.94. The van der Waals surface area contributed by atoms with E-state index in [9.17, 15) is 5.11 Å². The van der Waals surface area contributed by atoms with Crippen molar-refractivity contribution in [1.29, 1.82) is 0 Å². The first-order valence-corrected chi connectivity index (χ1v) is 5.40. The van der Waals surface area contributed by atoms with Crippen LogP contribution in [-0.2, 0) is 0 Å². The Kier molecular flexibility index (Phi) is 2.69. The van der Waals surface area contributed by atoms with Crippen LogP contribution in [0, 0.1) is 0 Å². The first-order chi connectivity index (χ1) is 6.25. The number of hydrogen-bond acceptors (Lipinski definition) is 2. The summed E-state index contributed by atoms with van der Waals surface area (Å²) in [4.78, 5) is 2.17. The van der Waals surface area contributed by atoms with Crippen molar-refractivity contribution in [1.82, 2.24) is 10.2 Å². The quantitative estimate of drug-likeness (QED) is 0.604. The molecule has 0 aromatic carbocycles. The Bertz CT molecular complexity index is 198. The van der Waals surface area contributed by atoms with Crippen molar-refractivity contribution >= 4 is 17.3 Å². The topological polar surface area (TPSA) is 35.5 Å². The van der Waals surface area contributed by atoms with Gasteiger partial charge in [-0.25, -0.2) is 0 Å². The lowest BCUT2D eigenvalue weighted by Gasteiger charge is -2.31. The van der Waals surface area contributed by atoms with Gasteiger partial charge in [0.25, 0.3) is 0 Å². The van der Waals surface area contributed by atoms with E-state index in [0.717, 1.165) is 31.0 Å². The molecule has 2 N–H and O–H groups in total. The van der Waals surface area contributed by atoms with Crippen LogP contribution < -0.4 is 5.32 Å². The van der Waals surface area contributed by atoms with Gasteiger partial charge in [-0.15, -0.1) is 0 Å². The van der Waals surface area contributed by atoms with Crippen LogP contribution in [-0.4, -0.2) is 40.4 Å². The van der Waals surface area contributed by atoms with Crippen molar-refractivity contribution in [2.24, 2.45) is 0 Å². The van der Waals surface area contributed by atoms with Gasteiger partial charge in [0.15, 0.2) is 5.11 Å². The van der Waals surface area contributed by atoms with Gasteiger partial charge in [0, 0.05) is 19.1 Å². The van der Waals surface area contributed by atoms with Crippen LogP contribution in [0.15, 0.2) is 0 Å². The average molecular weight is 200 g/mol. The molecule has 0 bridgehead atoms. The summed E-state index contributed by atoms with van der Waals surface area (Å²) in [6, 6.07) is 0.638. The summed E-state index contributed by atoms with van der Waals surface area (Å²) in [6.45, 7) is 1.81. The maximum atomic E-state index is 9.31. The van der Waals surface area contributed by atoms with Crippen LogP contribution in [0.1, 0.15) is 25.7 Å². The third-order valence-corrected chi connectivity index (χ3v) is 3.03. The summed E-state index contributed by atoms with van der Waals surface area (Å²) in [5, 5.41) is 13.5. The largest absolute Gasteiger partial charge is 0.393 e. The minimum atomic E-state index is -0.111. The van der Waals surface area contributed by atoms with Crippen LogP contribution in [0.4, 0.5) is 0 Å². The average Bonchev–Trinajstić information content (AvgIpc) is 2.89. The molecule has 3 nitrogen and oxygen atoms in total. The maximum absolute atomic E-state index is 9.31. The third-order valence-electron chi connectivity index (χ3n) is 2.66. The number of aliphatic hydroxyl groups is 1. The van der Waals surface area contributed by atoms with Crippen molar-refractivity contribution in [3.63, 3.8) is 0 Å². The van der Waals surface area contributed by atoms with Crippen molar-refractivity contribution in [2.45, 2.75) is 37.8 Å². The molecular weight excluding hydrogens is 184 g/mol. The SMILES string of the molecule is OC1CCN(C(=S)NC2CC2)CC1. The summed E-state index contributed by atoms with van der Waals surface area (Å²) in [6.07, 6.45) is 4.12. The fourth-order valence-corrected chi connectivity index (χ4v) is 1.91. The second-order valence-corrected chi connectivity index (χ2v) is 4.33. The number of aliphatic hydroxyl groups excluding tert-OH is 1. The Morgan fingerprint density at radius 3 is 2.38 bits per heavy atom. The molecule has 2 rings (SSSR count). The summed E-state index contributed by atoms with van der Waals surface area (Å²) in [5.74, 6) is 0. The number of rotatable bonds is 1. The van der Waals surface area contributed by atoms with E-state index in [1.54, 1.807) is 0 Å². The Morgan fingerprint density at radius 1 is 1.23 bits per heavy atom. The molecule has 13 heavy (non-hydrogen) atoms. The fraction of sp³-hybridized carbons (Fsp3) is 0.889. The molecule has 0 aromatic rings. The first-order valence-electron chi connectivity index (χ1n) is 4.99. The molecule has 1 saturated heterocycles. The predicted octanol–water partition coefficient (Wildman–Crippen LogP) is 0.480. The van der Waals surface area contributed by atoms with Gasteiger partial charge in [-0.1, -0.05) is 0 Å². The molecule has 1 aliphatic carbocycles. The summed E-state index contributed by atoms with van der Waals surface area (Å²) in [7, 11) is 0. The lowest BCUT2D eigenvalue weighted by molar-refractivity contribution is 0.109. The fourth-order valence-electron chi connectivity index (χ4n) is 1.56. The standard InChI is InChI=1S/C9H16N2OS/c12-8-3-5-11(6-4-8)9(13)10-7-1-2-7/h7-8,12H,1-6H2,(H,10,13). The predicted molar refractivity (Wildman–Crippen MR) is 55.6 cm³/mol. The van der Waals surface area contributed by atoms with Gasteiger partial charge in [0.05, 0.1) is 6.10 Å². The van der Waals surface area contributed by atoms with Gasteiger partial charge in [-0.05, 0) is 37.9 Å². The minimum absolute atomic E-state index is 0.111. The molecule has 0 spiro atoms. The Labute approximate surface area is 84.1 Å². The van der Waals surface area contributed by atoms with Gasteiger partial charge in [0.1, 0.15) is 0 Å². The Hall–Kier alpha value is -0.350. The van der Waals surface area contributed by atoms with Crippen molar-refractivity contribution in [2.75, 3.05) is 13.1 Å². The molecule has 2 fully saturated rings. The molecular formula is C9H16N2OS. The monoisotopic (exact) mass is 200 g/mol. The molecule has 0 amide bonds. The first kappa shape index (κ1) is 9.21. The van der Waals surface area contributed by atoms with E-state index in [1.165, 1.54) is 12.8 Å². The van der Waals surface area contributed by atoms with Gasteiger partial charge in [-0.3, -0.25) is 0 Å². The molecule has 1 heterocycles. The van der Waals surface area contributed by atoms with Crippen LogP contribution >= 0.6 is 12.2 Å².